The smallest absolute Gasteiger partial charge is 0.264 e. The van der Waals surface area contributed by atoms with E-state index in [0.717, 1.165) is 37.5 Å². The first-order valence-electron chi connectivity index (χ1n) is 6.55. The minimum absolute atomic E-state index is 0.189. The molecule has 0 unspecified atom stereocenters. The highest BCUT2D eigenvalue weighted by molar-refractivity contribution is 7.85. The molecule has 0 radical (unpaired) electrons. The fourth-order valence-electron chi connectivity index (χ4n) is 2.77. The van der Waals surface area contributed by atoms with Gasteiger partial charge in [-0.15, -0.1) is 0 Å². The Morgan fingerprint density at radius 3 is 2.47 bits per heavy atom. The van der Waals surface area contributed by atoms with Crippen molar-refractivity contribution in [2.45, 2.75) is 31.6 Å². The van der Waals surface area contributed by atoms with Crippen LogP contribution in [0.1, 0.15) is 37.2 Å². The van der Waals surface area contributed by atoms with Crippen LogP contribution < -0.4 is 0 Å². The zero-order valence-electron chi connectivity index (χ0n) is 11.0. The van der Waals surface area contributed by atoms with Crippen LogP contribution in [-0.2, 0) is 14.3 Å². The molecule has 0 aliphatic heterocycles. The Morgan fingerprint density at radius 1 is 1.21 bits per heavy atom. The zero-order valence-corrected chi connectivity index (χ0v) is 11.8. The molecule has 1 saturated carbocycles. The van der Waals surface area contributed by atoms with Crippen LogP contribution in [0.15, 0.2) is 24.3 Å². The molecule has 2 atom stereocenters. The summed E-state index contributed by atoms with van der Waals surface area (Å²) < 4.78 is 40.1. The molecule has 0 N–H and O–H groups in total. The average Bonchev–Trinajstić information content (AvgIpc) is 2.37. The molecule has 1 aromatic rings. The Labute approximate surface area is 113 Å². The molecule has 0 bridgehead atoms. The Kier molecular flexibility index (Phi) is 4.58. The molecule has 1 aromatic carbocycles. The minimum Gasteiger partial charge on any atom is -0.270 e. The second kappa shape index (κ2) is 6.01. The summed E-state index contributed by atoms with van der Waals surface area (Å²) in [4.78, 5) is 0. The number of benzene rings is 1. The lowest BCUT2D eigenvalue weighted by Gasteiger charge is -2.31. The standard InChI is InChI=1S/C14H19FO3S/c1-19(16,17)18-10-12-4-2-3-5-14(12)11-6-8-13(15)9-7-11/h6-9,12,14H,2-5,10H2,1H3/t12-,14-/m0/s1. The fraction of sp³-hybridized carbons (Fsp3) is 0.571. The molecule has 0 spiro atoms. The van der Waals surface area contributed by atoms with E-state index in [2.05, 4.69) is 0 Å². The van der Waals surface area contributed by atoms with Gasteiger partial charge < -0.3 is 0 Å². The molecule has 0 amide bonds. The van der Waals surface area contributed by atoms with Crippen LogP contribution in [0, 0.1) is 11.7 Å². The van der Waals surface area contributed by atoms with E-state index in [1.54, 1.807) is 12.1 Å². The largest absolute Gasteiger partial charge is 0.270 e. The average molecular weight is 286 g/mol. The lowest BCUT2D eigenvalue weighted by Crippen LogP contribution is -2.23. The SMILES string of the molecule is CS(=O)(=O)OC[C@@H]1CCCC[C@H]1c1ccc(F)cc1. The maximum Gasteiger partial charge on any atom is 0.264 e. The summed E-state index contributed by atoms with van der Waals surface area (Å²) in [6, 6.07) is 6.49. The molecular formula is C14H19FO3S. The molecule has 1 aliphatic carbocycles. The third-order valence-corrected chi connectivity index (χ3v) is 4.27. The molecule has 1 fully saturated rings. The maximum atomic E-state index is 13.0. The first kappa shape index (κ1) is 14.5. The van der Waals surface area contributed by atoms with E-state index in [9.17, 15) is 12.8 Å². The minimum atomic E-state index is -3.40. The monoisotopic (exact) mass is 286 g/mol. The summed E-state index contributed by atoms with van der Waals surface area (Å²) in [7, 11) is -3.40. The Balaban J connectivity index is 2.09. The van der Waals surface area contributed by atoms with E-state index in [0.29, 0.717) is 0 Å². The topological polar surface area (TPSA) is 43.4 Å². The van der Waals surface area contributed by atoms with Crippen LogP contribution in [0.5, 0.6) is 0 Å². The van der Waals surface area contributed by atoms with E-state index in [-0.39, 0.29) is 24.3 Å². The molecule has 2 rings (SSSR count). The van der Waals surface area contributed by atoms with Gasteiger partial charge in [-0.05, 0) is 42.4 Å². The summed E-state index contributed by atoms with van der Waals surface area (Å²) in [5.41, 5.74) is 1.07. The third-order valence-electron chi connectivity index (χ3n) is 3.70. The lowest BCUT2D eigenvalue weighted by molar-refractivity contribution is 0.192. The van der Waals surface area contributed by atoms with Crippen LogP contribution in [0.3, 0.4) is 0 Å². The third kappa shape index (κ3) is 4.28. The van der Waals surface area contributed by atoms with E-state index in [1.807, 2.05) is 0 Å². The molecule has 0 saturated heterocycles. The second-order valence-electron chi connectivity index (χ2n) is 5.19. The number of hydrogen-bond donors (Lipinski definition) is 0. The van der Waals surface area contributed by atoms with Crippen molar-refractivity contribution in [3.05, 3.63) is 35.6 Å². The van der Waals surface area contributed by atoms with Gasteiger partial charge in [0, 0.05) is 0 Å². The molecule has 5 heteroatoms. The van der Waals surface area contributed by atoms with Crippen molar-refractivity contribution in [3.8, 4) is 0 Å². The van der Waals surface area contributed by atoms with Gasteiger partial charge in [0.2, 0.25) is 0 Å². The van der Waals surface area contributed by atoms with Crippen LogP contribution in [0.2, 0.25) is 0 Å². The number of halogens is 1. The molecule has 106 valence electrons. The molecule has 0 aromatic heterocycles. The van der Waals surface area contributed by atoms with Crippen LogP contribution in [-0.4, -0.2) is 21.3 Å². The van der Waals surface area contributed by atoms with Crippen molar-refractivity contribution in [1.82, 2.24) is 0 Å². The molecule has 0 heterocycles. The van der Waals surface area contributed by atoms with Gasteiger partial charge in [-0.2, -0.15) is 8.42 Å². The van der Waals surface area contributed by atoms with Crippen LogP contribution >= 0.6 is 0 Å². The van der Waals surface area contributed by atoms with Gasteiger partial charge in [0.25, 0.3) is 10.1 Å². The number of rotatable bonds is 4. The lowest BCUT2D eigenvalue weighted by atomic mass is 9.76. The van der Waals surface area contributed by atoms with E-state index >= 15 is 0 Å². The second-order valence-corrected chi connectivity index (χ2v) is 6.84. The molecule has 3 nitrogen and oxygen atoms in total. The maximum absolute atomic E-state index is 13.0. The summed E-state index contributed by atoms with van der Waals surface area (Å²) in [6.45, 7) is 0.223. The first-order valence-corrected chi connectivity index (χ1v) is 8.37. The van der Waals surface area contributed by atoms with Gasteiger partial charge in [-0.3, -0.25) is 4.18 Å². The normalized spacial score (nSPS) is 24.3. The predicted octanol–water partition coefficient (Wildman–Crippen LogP) is 3.08. The summed E-state index contributed by atoms with van der Waals surface area (Å²) in [5, 5.41) is 0. The van der Waals surface area contributed by atoms with Gasteiger partial charge >= 0.3 is 0 Å². The van der Waals surface area contributed by atoms with Gasteiger partial charge in [-0.1, -0.05) is 25.0 Å². The fourth-order valence-corrected chi connectivity index (χ4v) is 3.19. The van der Waals surface area contributed by atoms with Gasteiger partial charge in [-0.25, -0.2) is 4.39 Å². The van der Waals surface area contributed by atoms with E-state index in [4.69, 9.17) is 4.18 Å². The quantitative estimate of drug-likeness (QED) is 0.799. The molecule has 19 heavy (non-hydrogen) atoms. The number of hydrogen-bond acceptors (Lipinski definition) is 3. The Morgan fingerprint density at radius 2 is 1.84 bits per heavy atom. The van der Waals surface area contributed by atoms with Crippen LogP contribution in [0.25, 0.3) is 0 Å². The van der Waals surface area contributed by atoms with E-state index < -0.39 is 10.1 Å². The summed E-state index contributed by atoms with van der Waals surface area (Å²) in [5.74, 6) is 0.202. The van der Waals surface area contributed by atoms with Crippen LogP contribution in [0.4, 0.5) is 4.39 Å². The highest BCUT2D eigenvalue weighted by atomic mass is 32.2. The van der Waals surface area contributed by atoms with Crippen molar-refractivity contribution in [3.63, 3.8) is 0 Å². The Bertz CT molecular complexity index is 510. The van der Waals surface area contributed by atoms with Gasteiger partial charge in [0.15, 0.2) is 0 Å². The predicted molar refractivity (Wildman–Crippen MR) is 71.9 cm³/mol. The van der Waals surface area contributed by atoms with Crippen molar-refractivity contribution in [2.75, 3.05) is 12.9 Å². The Hall–Kier alpha value is -0.940. The summed E-state index contributed by atoms with van der Waals surface area (Å²) in [6.07, 6.45) is 5.25. The van der Waals surface area contributed by atoms with Gasteiger partial charge in [0.1, 0.15) is 5.82 Å². The molecular weight excluding hydrogens is 267 g/mol. The molecule has 1 aliphatic rings. The van der Waals surface area contributed by atoms with Crippen molar-refractivity contribution >= 4 is 10.1 Å². The summed E-state index contributed by atoms with van der Waals surface area (Å²) >= 11 is 0. The zero-order chi connectivity index (χ0) is 13.9. The van der Waals surface area contributed by atoms with Gasteiger partial charge in [0.05, 0.1) is 12.9 Å². The van der Waals surface area contributed by atoms with Crippen molar-refractivity contribution in [2.24, 2.45) is 5.92 Å². The van der Waals surface area contributed by atoms with Crippen molar-refractivity contribution < 1.29 is 17.0 Å². The highest BCUT2D eigenvalue weighted by Crippen LogP contribution is 2.38. The van der Waals surface area contributed by atoms with E-state index in [1.165, 1.54) is 12.1 Å². The van der Waals surface area contributed by atoms with Crippen molar-refractivity contribution in [1.29, 1.82) is 0 Å². The first-order chi connectivity index (χ1) is 8.96. The highest BCUT2D eigenvalue weighted by Gasteiger charge is 2.27.